The molecule has 2 unspecified atom stereocenters. The van der Waals surface area contributed by atoms with Crippen LogP contribution in [0.1, 0.15) is 181 Å². The maximum atomic E-state index is 5.84. The molecule has 0 radical (unpaired) electrons. The number of likely N-dealkylation sites (N-methyl/N-ethyl adjacent to an activating group) is 2. The summed E-state index contributed by atoms with van der Waals surface area (Å²) in [5.74, 6) is 0. The molecule has 2 aliphatic heterocycles. The minimum absolute atomic E-state index is 0. The highest BCUT2D eigenvalue weighted by atomic mass is 79.9. The van der Waals surface area contributed by atoms with Crippen molar-refractivity contribution in [1.82, 2.24) is 0 Å². The molecule has 2 fully saturated rings. The van der Waals surface area contributed by atoms with Crippen molar-refractivity contribution in [2.24, 2.45) is 0 Å². The molecule has 0 bridgehead atoms. The molecule has 8 heteroatoms. The predicted octanol–water partition coefficient (Wildman–Crippen LogP) is 7.26. The van der Waals surface area contributed by atoms with Gasteiger partial charge in [-0.25, -0.2) is 0 Å². The largest absolute Gasteiger partial charge is 1.00 e. The van der Waals surface area contributed by atoms with Crippen molar-refractivity contribution in [3.8, 4) is 0 Å². The summed E-state index contributed by atoms with van der Waals surface area (Å²) < 4.78 is 2.34. The van der Waals surface area contributed by atoms with E-state index in [1.165, 1.54) is 227 Å². The van der Waals surface area contributed by atoms with Crippen LogP contribution >= 0.6 is 0 Å². The van der Waals surface area contributed by atoms with Crippen molar-refractivity contribution in [1.29, 1.82) is 0 Å². The first kappa shape index (κ1) is 56.3. The van der Waals surface area contributed by atoms with Gasteiger partial charge >= 0.3 is 0 Å². The Morgan fingerprint density at radius 2 is 0.683 bits per heavy atom. The third kappa shape index (κ3) is 23.1. The van der Waals surface area contributed by atoms with E-state index in [0.717, 1.165) is 23.5 Å². The molecule has 0 spiro atoms. The lowest BCUT2D eigenvalue weighted by Gasteiger charge is -2.36. The number of benzene rings is 2. The highest BCUT2D eigenvalue weighted by Crippen LogP contribution is 2.28. The summed E-state index contributed by atoms with van der Waals surface area (Å²) in [5, 5.41) is 0. The zero-order valence-electron chi connectivity index (χ0n) is 40.1. The van der Waals surface area contributed by atoms with Gasteiger partial charge in [0.1, 0.15) is 12.1 Å². The maximum absolute atomic E-state index is 5.84. The minimum atomic E-state index is 0. The quantitative estimate of drug-likeness (QED) is 0.0493. The van der Waals surface area contributed by atoms with E-state index in [2.05, 4.69) is 76.1 Å². The van der Waals surface area contributed by atoms with Crippen LogP contribution in [0.15, 0.2) is 48.5 Å². The van der Waals surface area contributed by atoms with Crippen molar-refractivity contribution in [3.05, 3.63) is 48.5 Å². The Balaban J connectivity index is 0.000000581. The Kier molecular flexibility index (Phi) is 30.9. The van der Waals surface area contributed by atoms with E-state index in [-0.39, 0.29) is 29.4 Å². The summed E-state index contributed by atoms with van der Waals surface area (Å²) >= 11 is 0. The molecule has 0 saturated carbocycles. The summed E-state index contributed by atoms with van der Waals surface area (Å²) in [5.41, 5.74) is 16.0. The molecule has 2 heterocycles. The first-order valence-electron chi connectivity index (χ1n) is 24.9. The molecule has 2 saturated heterocycles. The molecule has 2 atom stereocenters. The summed E-state index contributed by atoms with van der Waals surface area (Å²) in [4.78, 5) is 5.07. The van der Waals surface area contributed by atoms with Crippen molar-refractivity contribution < 1.29 is 38.4 Å². The summed E-state index contributed by atoms with van der Waals surface area (Å²) in [7, 11) is 9.76. The van der Waals surface area contributed by atoms with Gasteiger partial charge in [-0.2, -0.15) is 0 Å². The van der Waals surface area contributed by atoms with Crippen LogP contribution in [0.25, 0.3) is 0 Å². The molecule has 348 valence electrons. The van der Waals surface area contributed by atoms with Crippen LogP contribution in [0, 0.1) is 0 Å². The van der Waals surface area contributed by atoms with Crippen molar-refractivity contribution in [2.45, 2.75) is 193 Å². The summed E-state index contributed by atoms with van der Waals surface area (Å²) in [6.45, 7) is 11.9. The predicted molar refractivity (Wildman–Crippen MR) is 259 cm³/mol. The number of rotatable bonds is 30. The van der Waals surface area contributed by atoms with Gasteiger partial charge in [0.05, 0.1) is 54.4 Å². The average Bonchev–Trinajstić information content (AvgIpc) is 3.92. The molecule has 2 aromatic carbocycles. The van der Waals surface area contributed by atoms with Crippen LogP contribution < -0.4 is 50.7 Å². The van der Waals surface area contributed by atoms with E-state index in [1.54, 1.807) is 0 Å². The number of hydrogen-bond donors (Lipinski definition) is 2. The maximum Gasteiger partial charge on any atom is 0.108 e. The van der Waals surface area contributed by atoms with Crippen molar-refractivity contribution in [3.63, 3.8) is 0 Å². The first-order chi connectivity index (χ1) is 28.1. The third-order valence-corrected chi connectivity index (χ3v) is 14.0. The van der Waals surface area contributed by atoms with E-state index in [4.69, 9.17) is 11.5 Å². The second-order valence-corrected chi connectivity index (χ2v) is 19.7. The molecular formula is C52H96BrClN6. The molecule has 0 aliphatic carbocycles. The number of anilines is 4. The molecule has 0 aromatic heterocycles. The van der Waals surface area contributed by atoms with Gasteiger partial charge in [-0.1, -0.05) is 142 Å². The number of nitrogens with two attached hydrogens (primary N) is 2. The van der Waals surface area contributed by atoms with Crippen LogP contribution in [-0.2, 0) is 0 Å². The number of halogens is 2. The zero-order chi connectivity index (χ0) is 41.9. The number of quaternary nitrogens is 2. The number of nitrogen functional groups attached to an aromatic ring is 2. The van der Waals surface area contributed by atoms with Crippen molar-refractivity contribution >= 4 is 22.7 Å². The standard InChI is InChI=1S/2C26H48N3.BrH.ClH/c2*1-4-5-6-7-8-9-10-11-12-13-14-15-22-29(2,3)26-20-21-28(23-26)25-18-16-24(27)17-19-25;;/h2*16-19,26H,4-15,20-23,27H2,1-3H3;2*1H/q2*+1;;/p-2. The van der Waals surface area contributed by atoms with Gasteiger partial charge < -0.3 is 59.6 Å². The molecule has 0 amide bonds. The lowest BCUT2D eigenvalue weighted by molar-refractivity contribution is -0.912. The summed E-state index contributed by atoms with van der Waals surface area (Å²) in [6, 6.07) is 18.3. The van der Waals surface area contributed by atoms with Gasteiger partial charge in [-0.3, -0.25) is 0 Å². The topological polar surface area (TPSA) is 58.5 Å². The van der Waals surface area contributed by atoms with Crippen LogP contribution in [0.4, 0.5) is 22.7 Å². The average molecular weight is 921 g/mol. The van der Waals surface area contributed by atoms with E-state index in [0.29, 0.717) is 0 Å². The van der Waals surface area contributed by atoms with E-state index >= 15 is 0 Å². The monoisotopic (exact) mass is 919 g/mol. The normalized spacial score (nSPS) is 16.6. The van der Waals surface area contributed by atoms with E-state index < -0.39 is 0 Å². The molecule has 60 heavy (non-hydrogen) atoms. The fourth-order valence-corrected chi connectivity index (χ4v) is 9.55. The number of nitrogens with zero attached hydrogens (tertiary/aromatic N) is 4. The van der Waals surface area contributed by atoms with E-state index in [9.17, 15) is 0 Å². The molecule has 4 N–H and O–H groups in total. The van der Waals surface area contributed by atoms with Gasteiger partial charge in [0.15, 0.2) is 0 Å². The zero-order valence-corrected chi connectivity index (χ0v) is 42.4. The van der Waals surface area contributed by atoms with Gasteiger partial charge in [0.25, 0.3) is 0 Å². The smallest absolute Gasteiger partial charge is 0.108 e. The SMILES string of the molecule is CCCCCCCCCCCCCC[N+](C)(C)C1CCN(c2ccc(N)cc2)C1.CCCCCCCCCCCCCC[N+](C)(C)C1CCN(c2ccc(N)cc2)C1.[Br-].[Cl-]. The highest BCUT2D eigenvalue weighted by Gasteiger charge is 2.36. The second-order valence-electron chi connectivity index (χ2n) is 19.7. The first-order valence-corrected chi connectivity index (χ1v) is 24.9. The fraction of sp³-hybridized carbons (Fsp3) is 0.769. The second kappa shape index (κ2) is 32.9. The Hall–Kier alpha value is -1.67. The van der Waals surface area contributed by atoms with Crippen LogP contribution in [0.2, 0.25) is 0 Å². The Morgan fingerprint density at radius 1 is 0.433 bits per heavy atom. The Labute approximate surface area is 389 Å². The fourth-order valence-electron chi connectivity index (χ4n) is 9.55. The van der Waals surface area contributed by atoms with Gasteiger partial charge in [0, 0.05) is 48.7 Å². The Bertz CT molecular complexity index is 1190. The van der Waals surface area contributed by atoms with E-state index in [1.807, 2.05) is 24.3 Å². The number of hydrogen-bond acceptors (Lipinski definition) is 4. The van der Waals surface area contributed by atoms with Gasteiger partial charge in [-0.15, -0.1) is 0 Å². The number of unbranched alkanes of at least 4 members (excludes halogenated alkanes) is 22. The molecule has 2 aliphatic rings. The van der Waals surface area contributed by atoms with Crippen LogP contribution in [0.5, 0.6) is 0 Å². The van der Waals surface area contributed by atoms with Crippen molar-refractivity contribution in [2.75, 3.05) is 88.7 Å². The van der Waals surface area contributed by atoms with Crippen LogP contribution in [0.3, 0.4) is 0 Å². The molecule has 2 aromatic rings. The summed E-state index contributed by atoms with van der Waals surface area (Å²) in [6.07, 6.45) is 36.9. The molecular weight excluding hydrogens is 824 g/mol. The lowest BCUT2D eigenvalue weighted by atomic mass is 10.0. The molecule has 4 rings (SSSR count). The lowest BCUT2D eigenvalue weighted by Crippen LogP contribution is -3.00. The van der Waals surface area contributed by atoms with Crippen LogP contribution in [-0.4, -0.2) is 88.5 Å². The van der Waals surface area contributed by atoms with Gasteiger partial charge in [-0.05, 0) is 74.2 Å². The molecule has 6 nitrogen and oxygen atoms in total. The Morgan fingerprint density at radius 3 is 0.950 bits per heavy atom. The highest BCUT2D eigenvalue weighted by molar-refractivity contribution is 5.54. The third-order valence-electron chi connectivity index (χ3n) is 14.0. The minimum Gasteiger partial charge on any atom is -1.00 e. The van der Waals surface area contributed by atoms with Gasteiger partial charge in [0.2, 0.25) is 0 Å².